The van der Waals surface area contributed by atoms with Crippen molar-refractivity contribution >= 4 is 17.9 Å². The average Bonchev–Trinajstić information content (AvgIpc) is 3.48. The molecule has 0 bridgehead atoms. The van der Waals surface area contributed by atoms with Crippen molar-refractivity contribution in [3.63, 3.8) is 0 Å². The molecule has 5 aliphatic rings. The Kier molecular flexibility index (Phi) is 8.75. The third kappa shape index (κ3) is 4.97. The van der Waals surface area contributed by atoms with Crippen molar-refractivity contribution < 1.29 is 52.6 Å². The van der Waals surface area contributed by atoms with Crippen LogP contribution in [0.15, 0.2) is 0 Å². The first-order valence-electron chi connectivity index (χ1n) is 15.6. The van der Waals surface area contributed by atoms with Gasteiger partial charge in [0.1, 0.15) is 18.3 Å². The normalized spacial score (nSPS) is 46.4. The summed E-state index contributed by atoms with van der Waals surface area (Å²) in [5, 5.41) is 11.7. The van der Waals surface area contributed by atoms with Crippen molar-refractivity contribution in [2.24, 2.45) is 34.5 Å². The molecule has 13 atom stereocenters. The van der Waals surface area contributed by atoms with Gasteiger partial charge in [-0.25, -0.2) is 0 Å². The van der Waals surface area contributed by atoms with Crippen LogP contribution in [0.5, 0.6) is 0 Å². The molecule has 0 radical (unpaired) electrons. The summed E-state index contributed by atoms with van der Waals surface area (Å²) in [5.74, 6) is -1.97. The number of epoxide rings is 1. The summed E-state index contributed by atoms with van der Waals surface area (Å²) in [6, 6.07) is 0. The second kappa shape index (κ2) is 11.6. The fourth-order valence-electron chi connectivity index (χ4n) is 8.62. The van der Waals surface area contributed by atoms with E-state index in [1.165, 1.54) is 13.8 Å². The molecule has 238 valence electrons. The molecule has 2 aliphatic carbocycles. The molecule has 5 fully saturated rings. The molecule has 3 aliphatic heterocycles. The standard InChI is InChI=1S/C31H48O11/c1-8-16(3)27(35)42-26-21(34)13-22-29(7,23-11-20-12-25(36-9-2)41-28(20)40-23)17(4)10-24(39-19(6)33)30(22,14-37-18(5)32)31(26)15-38-31/h16-17,20-26,28,34H,8-15H2,1-7H3/t16?,17-,20+,21-,22-,23+,24+,25+,26+,28-,29+,30+,31-/m1/s1. The largest absolute Gasteiger partial charge is 0.465 e. The van der Waals surface area contributed by atoms with Crippen molar-refractivity contribution in [1.82, 2.24) is 0 Å². The summed E-state index contributed by atoms with van der Waals surface area (Å²) in [7, 11) is 0. The molecule has 0 aromatic carbocycles. The summed E-state index contributed by atoms with van der Waals surface area (Å²) < 4.78 is 42.6. The van der Waals surface area contributed by atoms with E-state index in [2.05, 4.69) is 13.8 Å². The van der Waals surface area contributed by atoms with Gasteiger partial charge in [-0.2, -0.15) is 0 Å². The van der Waals surface area contributed by atoms with E-state index >= 15 is 0 Å². The molecule has 1 unspecified atom stereocenters. The van der Waals surface area contributed by atoms with Crippen LogP contribution in [0.25, 0.3) is 0 Å². The quantitative estimate of drug-likeness (QED) is 0.239. The second-order valence-electron chi connectivity index (χ2n) is 13.4. The zero-order chi connectivity index (χ0) is 30.6. The molecule has 0 amide bonds. The van der Waals surface area contributed by atoms with Crippen molar-refractivity contribution in [2.75, 3.05) is 19.8 Å². The molecule has 3 heterocycles. The van der Waals surface area contributed by atoms with Crippen molar-refractivity contribution in [3.05, 3.63) is 0 Å². The zero-order valence-electron chi connectivity index (χ0n) is 26.0. The zero-order valence-corrected chi connectivity index (χ0v) is 26.0. The highest BCUT2D eigenvalue weighted by molar-refractivity contribution is 5.72. The Morgan fingerprint density at radius 2 is 1.74 bits per heavy atom. The van der Waals surface area contributed by atoms with E-state index in [-0.39, 0.29) is 55.7 Å². The Balaban J connectivity index is 1.57. The van der Waals surface area contributed by atoms with Crippen LogP contribution >= 0.6 is 0 Å². The van der Waals surface area contributed by atoms with Crippen LogP contribution in [0.1, 0.15) is 80.6 Å². The first-order valence-corrected chi connectivity index (χ1v) is 15.6. The maximum atomic E-state index is 13.1. The Hall–Kier alpha value is -1.79. The molecule has 0 aromatic rings. The lowest BCUT2D eigenvalue weighted by Crippen LogP contribution is -2.74. The maximum Gasteiger partial charge on any atom is 0.309 e. The number of carbonyl (C=O) groups excluding carboxylic acids is 3. The third-order valence-corrected chi connectivity index (χ3v) is 11.2. The van der Waals surface area contributed by atoms with Gasteiger partial charge in [0.15, 0.2) is 18.7 Å². The lowest BCUT2D eigenvalue weighted by Gasteiger charge is -2.65. The van der Waals surface area contributed by atoms with E-state index in [0.29, 0.717) is 19.4 Å². The molecule has 11 heteroatoms. The molecule has 1 N–H and O–H groups in total. The summed E-state index contributed by atoms with van der Waals surface area (Å²) in [6.07, 6.45) is -0.956. The number of rotatable bonds is 9. The lowest BCUT2D eigenvalue weighted by molar-refractivity contribution is -0.290. The van der Waals surface area contributed by atoms with Crippen molar-refractivity contribution in [1.29, 1.82) is 0 Å². The number of ether oxygens (including phenoxy) is 7. The molecule has 2 saturated carbocycles. The number of hydrogen-bond donors (Lipinski definition) is 1. The number of fused-ring (bicyclic) bond motifs is 3. The minimum Gasteiger partial charge on any atom is -0.465 e. The summed E-state index contributed by atoms with van der Waals surface area (Å²) in [5.41, 5.74) is -2.86. The molecule has 11 nitrogen and oxygen atoms in total. The van der Waals surface area contributed by atoms with Crippen LogP contribution in [0.2, 0.25) is 0 Å². The van der Waals surface area contributed by atoms with Gasteiger partial charge in [-0.05, 0) is 44.4 Å². The van der Waals surface area contributed by atoms with Crippen LogP contribution in [0.4, 0.5) is 0 Å². The topological polar surface area (TPSA) is 139 Å². The first kappa shape index (κ1) is 31.6. The average molecular weight is 597 g/mol. The minimum absolute atomic E-state index is 0.00830. The van der Waals surface area contributed by atoms with E-state index in [9.17, 15) is 19.5 Å². The van der Waals surface area contributed by atoms with Crippen LogP contribution in [0, 0.1) is 34.5 Å². The SMILES string of the molecule is CCO[C@@H]1C[C@@H]2C[C@@H]([C@@]3(C)[C@H](C)C[C@H](OC(C)=O)[C@]4(COC(C)=O)[C@@H]3C[C@@H](O)[C@H](OC(=O)C(C)CC)[C@]43CO3)O[C@@H]2O1. The van der Waals surface area contributed by atoms with Gasteiger partial charge in [0.25, 0.3) is 0 Å². The highest BCUT2D eigenvalue weighted by Gasteiger charge is 2.81. The number of carbonyl (C=O) groups is 3. The molecule has 42 heavy (non-hydrogen) atoms. The molecular formula is C31H48O11. The van der Waals surface area contributed by atoms with Crippen LogP contribution in [0.3, 0.4) is 0 Å². The van der Waals surface area contributed by atoms with Crippen LogP contribution < -0.4 is 0 Å². The number of hydrogen-bond acceptors (Lipinski definition) is 11. The fraction of sp³-hybridized carbons (Fsp3) is 0.903. The Labute approximate surface area is 248 Å². The van der Waals surface area contributed by atoms with Gasteiger partial charge in [-0.1, -0.05) is 27.7 Å². The van der Waals surface area contributed by atoms with E-state index in [0.717, 1.165) is 12.8 Å². The van der Waals surface area contributed by atoms with Crippen molar-refractivity contribution in [3.8, 4) is 0 Å². The van der Waals surface area contributed by atoms with Gasteiger partial charge in [-0.15, -0.1) is 0 Å². The van der Waals surface area contributed by atoms with E-state index < -0.39 is 58.9 Å². The van der Waals surface area contributed by atoms with Gasteiger partial charge < -0.3 is 38.3 Å². The predicted molar refractivity (Wildman–Crippen MR) is 147 cm³/mol. The molecule has 3 saturated heterocycles. The summed E-state index contributed by atoms with van der Waals surface area (Å²) in [4.78, 5) is 37.9. The van der Waals surface area contributed by atoms with Gasteiger partial charge in [0.2, 0.25) is 0 Å². The highest BCUT2D eigenvalue weighted by atomic mass is 16.8. The van der Waals surface area contributed by atoms with Gasteiger partial charge in [-0.3, -0.25) is 14.4 Å². The minimum atomic E-state index is -1.21. The lowest BCUT2D eigenvalue weighted by atomic mass is 9.41. The smallest absolute Gasteiger partial charge is 0.309 e. The Bertz CT molecular complexity index is 1030. The molecular weight excluding hydrogens is 548 g/mol. The second-order valence-corrected chi connectivity index (χ2v) is 13.4. The Morgan fingerprint density at radius 1 is 1.02 bits per heavy atom. The fourth-order valence-corrected chi connectivity index (χ4v) is 8.62. The van der Waals surface area contributed by atoms with Gasteiger partial charge >= 0.3 is 17.9 Å². The first-order chi connectivity index (χ1) is 19.8. The third-order valence-electron chi connectivity index (χ3n) is 11.2. The van der Waals surface area contributed by atoms with Crippen molar-refractivity contribution in [2.45, 2.75) is 123 Å². The number of aliphatic hydroxyl groups excluding tert-OH is 1. The molecule has 1 spiro atoms. The molecule has 5 rings (SSSR count). The maximum absolute atomic E-state index is 13.1. The Morgan fingerprint density at radius 3 is 2.31 bits per heavy atom. The molecule has 0 aromatic heterocycles. The van der Waals surface area contributed by atoms with E-state index in [1.807, 2.05) is 13.8 Å². The number of esters is 3. The number of aliphatic hydroxyl groups is 1. The van der Waals surface area contributed by atoms with Gasteiger partial charge in [0, 0.05) is 38.2 Å². The van der Waals surface area contributed by atoms with Crippen LogP contribution in [-0.2, 0) is 47.5 Å². The predicted octanol–water partition coefficient (Wildman–Crippen LogP) is 3.14. The summed E-state index contributed by atoms with van der Waals surface area (Å²) in [6.45, 7) is 13.2. The summed E-state index contributed by atoms with van der Waals surface area (Å²) >= 11 is 0. The monoisotopic (exact) mass is 596 g/mol. The highest BCUT2D eigenvalue weighted by Crippen LogP contribution is 2.70. The van der Waals surface area contributed by atoms with Gasteiger partial charge in [0.05, 0.1) is 30.1 Å². The van der Waals surface area contributed by atoms with E-state index in [1.54, 1.807) is 6.92 Å². The van der Waals surface area contributed by atoms with E-state index in [4.69, 9.17) is 33.2 Å². The van der Waals surface area contributed by atoms with Crippen LogP contribution in [-0.4, -0.2) is 85.4 Å².